The van der Waals surface area contributed by atoms with Crippen molar-refractivity contribution in [2.75, 3.05) is 13.2 Å². The van der Waals surface area contributed by atoms with Crippen LogP contribution < -0.4 is 5.32 Å². The topological polar surface area (TPSA) is 21.3 Å². The lowest BCUT2D eigenvalue weighted by Crippen LogP contribution is -2.56. The van der Waals surface area contributed by atoms with Crippen LogP contribution in [-0.2, 0) is 4.74 Å². The van der Waals surface area contributed by atoms with Gasteiger partial charge in [0.1, 0.15) is 5.72 Å². The Labute approximate surface area is 61.9 Å². The molecule has 0 aromatic carbocycles. The second-order valence-corrected chi connectivity index (χ2v) is 4.29. The van der Waals surface area contributed by atoms with Gasteiger partial charge in [-0.05, 0) is 18.3 Å². The third-order valence-electron chi connectivity index (χ3n) is 2.46. The van der Waals surface area contributed by atoms with Crippen LogP contribution in [0.15, 0.2) is 0 Å². The molecular formula is C8H15NO. The summed E-state index contributed by atoms with van der Waals surface area (Å²) in [5, 5.41) is 3.40. The zero-order valence-corrected chi connectivity index (χ0v) is 6.74. The summed E-state index contributed by atoms with van der Waals surface area (Å²) in [6, 6.07) is 0. The van der Waals surface area contributed by atoms with Gasteiger partial charge in [0.25, 0.3) is 0 Å². The van der Waals surface area contributed by atoms with Crippen molar-refractivity contribution in [2.45, 2.75) is 32.4 Å². The molecule has 2 nitrogen and oxygen atoms in total. The minimum absolute atomic E-state index is 0.101. The molecule has 0 bridgehead atoms. The van der Waals surface area contributed by atoms with E-state index in [4.69, 9.17) is 4.74 Å². The normalized spacial score (nSPS) is 34.2. The standard InChI is InChI=1S/C8H15NO/c1-7(2)5-8(6-7)9-3-4-10-8/h9H,3-6H2,1-2H3. The molecule has 2 rings (SSSR count). The van der Waals surface area contributed by atoms with Crippen LogP contribution in [0.5, 0.6) is 0 Å². The van der Waals surface area contributed by atoms with E-state index >= 15 is 0 Å². The summed E-state index contributed by atoms with van der Waals surface area (Å²) in [6.07, 6.45) is 2.36. The van der Waals surface area contributed by atoms with Crippen molar-refractivity contribution in [1.82, 2.24) is 5.32 Å². The van der Waals surface area contributed by atoms with Crippen LogP contribution in [0, 0.1) is 5.41 Å². The van der Waals surface area contributed by atoms with Crippen molar-refractivity contribution >= 4 is 0 Å². The SMILES string of the molecule is CC1(C)CC2(C1)NCCO2. The third-order valence-corrected chi connectivity index (χ3v) is 2.46. The van der Waals surface area contributed by atoms with Gasteiger partial charge < -0.3 is 4.74 Å². The maximum atomic E-state index is 5.60. The van der Waals surface area contributed by atoms with Crippen LogP contribution in [-0.4, -0.2) is 18.9 Å². The number of hydrogen-bond donors (Lipinski definition) is 1. The summed E-state index contributed by atoms with van der Waals surface area (Å²) < 4.78 is 5.60. The molecule has 58 valence electrons. The fourth-order valence-corrected chi connectivity index (χ4v) is 2.30. The van der Waals surface area contributed by atoms with Gasteiger partial charge in [0.2, 0.25) is 0 Å². The van der Waals surface area contributed by atoms with Gasteiger partial charge in [-0.15, -0.1) is 0 Å². The Balaban J connectivity index is 1.98. The number of hydrogen-bond acceptors (Lipinski definition) is 2. The lowest BCUT2D eigenvalue weighted by molar-refractivity contribution is -0.137. The highest BCUT2D eigenvalue weighted by Gasteiger charge is 2.51. The van der Waals surface area contributed by atoms with E-state index in [2.05, 4.69) is 19.2 Å². The van der Waals surface area contributed by atoms with E-state index < -0.39 is 0 Å². The average Bonchev–Trinajstić information content (AvgIpc) is 2.10. The highest BCUT2D eigenvalue weighted by atomic mass is 16.5. The minimum Gasteiger partial charge on any atom is -0.359 e. The summed E-state index contributed by atoms with van der Waals surface area (Å²) in [4.78, 5) is 0. The fourth-order valence-electron chi connectivity index (χ4n) is 2.30. The van der Waals surface area contributed by atoms with Gasteiger partial charge in [0.05, 0.1) is 6.61 Å². The smallest absolute Gasteiger partial charge is 0.120 e. The van der Waals surface area contributed by atoms with Gasteiger partial charge in [0.15, 0.2) is 0 Å². The largest absolute Gasteiger partial charge is 0.359 e. The van der Waals surface area contributed by atoms with Crippen LogP contribution >= 0.6 is 0 Å². The van der Waals surface area contributed by atoms with E-state index in [1.165, 1.54) is 12.8 Å². The second-order valence-electron chi connectivity index (χ2n) is 4.29. The summed E-state index contributed by atoms with van der Waals surface area (Å²) in [6.45, 7) is 6.52. The van der Waals surface area contributed by atoms with Crippen LogP contribution in [0.1, 0.15) is 26.7 Å². The molecule has 1 N–H and O–H groups in total. The number of rotatable bonds is 0. The summed E-state index contributed by atoms with van der Waals surface area (Å²) in [5.74, 6) is 0. The molecule has 2 heteroatoms. The first-order valence-corrected chi connectivity index (χ1v) is 4.01. The first-order valence-electron chi connectivity index (χ1n) is 4.01. The van der Waals surface area contributed by atoms with Gasteiger partial charge in [-0.1, -0.05) is 13.8 Å². The molecule has 1 aliphatic carbocycles. The van der Waals surface area contributed by atoms with Crippen molar-refractivity contribution in [2.24, 2.45) is 5.41 Å². The third kappa shape index (κ3) is 0.867. The van der Waals surface area contributed by atoms with Gasteiger partial charge in [-0.2, -0.15) is 0 Å². The highest BCUT2D eigenvalue weighted by molar-refractivity contribution is 5.01. The molecule has 0 radical (unpaired) electrons. The molecule has 0 aromatic heterocycles. The van der Waals surface area contributed by atoms with Gasteiger partial charge in [-0.25, -0.2) is 0 Å². The lowest BCUT2D eigenvalue weighted by Gasteiger charge is -2.50. The molecule has 1 aliphatic heterocycles. The Hall–Kier alpha value is -0.0800. The second kappa shape index (κ2) is 1.74. The molecule has 0 unspecified atom stereocenters. The summed E-state index contributed by atoms with van der Waals surface area (Å²) in [5.41, 5.74) is 0.612. The van der Waals surface area contributed by atoms with Crippen LogP contribution in [0.4, 0.5) is 0 Å². The van der Waals surface area contributed by atoms with E-state index in [9.17, 15) is 0 Å². The summed E-state index contributed by atoms with van der Waals surface area (Å²) >= 11 is 0. The Morgan fingerprint density at radius 2 is 2.00 bits per heavy atom. The Bertz CT molecular complexity index is 137. The number of nitrogens with one attached hydrogen (secondary N) is 1. The maximum absolute atomic E-state index is 5.60. The van der Waals surface area contributed by atoms with Gasteiger partial charge >= 0.3 is 0 Å². The van der Waals surface area contributed by atoms with E-state index in [1.54, 1.807) is 0 Å². The van der Waals surface area contributed by atoms with Gasteiger partial charge in [-0.3, -0.25) is 5.32 Å². The van der Waals surface area contributed by atoms with Crippen molar-refractivity contribution in [3.05, 3.63) is 0 Å². The molecular weight excluding hydrogens is 126 g/mol. The zero-order chi connectivity index (χ0) is 7.24. The maximum Gasteiger partial charge on any atom is 0.120 e. The first kappa shape index (κ1) is 6.62. The van der Waals surface area contributed by atoms with Crippen LogP contribution in [0.2, 0.25) is 0 Å². The molecule has 1 spiro atoms. The van der Waals surface area contributed by atoms with E-state index in [0.29, 0.717) is 5.41 Å². The fraction of sp³-hybridized carbons (Fsp3) is 1.00. The highest BCUT2D eigenvalue weighted by Crippen LogP contribution is 2.49. The Kier molecular flexibility index (Phi) is 1.15. The Morgan fingerprint density at radius 3 is 2.40 bits per heavy atom. The molecule has 0 aromatic rings. The van der Waals surface area contributed by atoms with Crippen molar-refractivity contribution in [3.63, 3.8) is 0 Å². The van der Waals surface area contributed by atoms with Gasteiger partial charge in [0, 0.05) is 6.54 Å². The van der Waals surface area contributed by atoms with Crippen molar-refractivity contribution in [3.8, 4) is 0 Å². The molecule has 2 aliphatic rings. The van der Waals surface area contributed by atoms with Crippen LogP contribution in [0.3, 0.4) is 0 Å². The lowest BCUT2D eigenvalue weighted by atomic mass is 9.66. The minimum atomic E-state index is 0.101. The predicted octanol–water partition coefficient (Wildman–Crippen LogP) is 1.12. The molecule has 1 saturated carbocycles. The molecule has 10 heavy (non-hydrogen) atoms. The quantitative estimate of drug-likeness (QED) is 0.546. The van der Waals surface area contributed by atoms with E-state index in [-0.39, 0.29) is 5.72 Å². The van der Waals surface area contributed by atoms with Crippen LogP contribution in [0.25, 0.3) is 0 Å². The molecule has 0 amide bonds. The molecule has 1 heterocycles. The Morgan fingerprint density at radius 1 is 1.30 bits per heavy atom. The monoisotopic (exact) mass is 141 g/mol. The first-order chi connectivity index (χ1) is 4.62. The molecule has 0 atom stereocenters. The van der Waals surface area contributed by atoms with E-state index in [0.717, 1.165) is 13.2 Å². The predicted molar refractivity (Wildman–Crippen MR) is 39.7 cm³/mol. The number of ether oxygens (including phenoxy) is 1. The van der Waals surface area contributed by atoms with E-state index in [1.807, 2.05) is 0 Å². The summed E-state index contributed by atoms with van der Waals surface area (Å²) in [7, 11) is 0. The van der Waals surface area contributed by atoms with Crippen molar-refractivity contribution < 1.29 is 4.74 Å². The zero-order valence-electron chi connectivity index (χ0n) is 6.74. The average molecular weight is 141 g/mol. The van der Waals surface area contributed by atoms with Crippen molar-refractivity contribution in [1.29, 1.82) is 0 Å². The molecule has 2 fully saturated rings. The molecule has 1 saturated heterocycles.